The standard InChI is InChI=1S/C27H25NO4/c1-2-3-8-21-17-28-24-11-6-4-10-23(24)26(21)31-18-19-13-15-20(16-14-19)22-9-5-7-12-25(22)32-27(29)30/h4-7,9-17H,2-3,8,18H2,1H3,(H,29,30). The van der Waals surface area contributed by atoms with E-state index in [0.717, 1.165) is 58.2 Å². The summed E-state index contributed by atoms with van der Waals surface area (Å²) in [4.78, 5) is 15.6. The zero-order chi connectivity index (χ0) is 22.3. The molecule has 0 aliphatic heterocycles. The van der Waals surface area contributed by atoms with Gasteiger partial charge in [-0.05, 0) is 42.2 Å². The fourth-order valence-corrected chi connectivity index (χ4v) is 3.70. The number of pyridine rings is 1. The molecule has 1 aromatic heterocycles. The van der Waals surface area contributed by atoms with Crippen molar-refractivity contribution < 1.29 is 19.4 Å². The number of aromatic nitrogens is 1. The van der Waals surface area contributed by atoms with Crippen LogP contribution in [-0.2, 0) is 13.0 Å². The number of hydrogen-bond donors (Lipinski definition) is 1. The van der Waals surface area contributed by atoms with E-state index >= 15 is 0 Å². The van der Waals surface area contributed by atoms with Crippen molar-refractivity contribution in [1.82, 2.24) is 4.98 Å². The lowest BCUT2D eigenvalue weighted by atomic mass is 10.0. The van der Waals surface area contributed by atoms with Crippen LogP contribution < -0.4 is 9.47 Å². The molecule has 3 aromatic carbocycles. The highest BCUT2D eigenvalue weighted by molar-refractivity contribution is 5.86. The molecule has 5 nitrogen and oxygen atoms in total. The van der Waals surface area contributed by atoms with Crippen molar-refractivity contribution >= 4 is 17.1 Å². The molecule has 4 aromatic rings. The van der Waals surface area contributed by atoms with Crippen molar-refractivity contribution in [2.75, 3.05) is 0 Å². The predicted octanol–water partition coefficient (Wildman–Crippen LogP) is 6.88. The highest BCUT2D eigenvalue weighted by Gasteiger charge is 2.12. The van der Waals surface area contributed by atoms with Gasteiger partial charge in [0.1, 0.15) is 18.1 Å². The molecule has 0 unspecified atom stereocenters. The fourth-order valence-electron chi connectivity index (χ4n) is 3.70. The second-order valence-corrected chi connectivity index (χ2v) is 7.58. The van der Waals surface area contributed by atoms with Gasteiger partial charge in [-0.1, -0.05) is 67.9 Å². The molecular formula is C27H25NO4. The number of benzene rings is 3. The lowest BCUT2D eigenvalue weighted by molar-refractivity contribution is 0.144. The second-order valence-electron chi connectivity index (χ2n) is 7.58. The van der Waals surface area contributed by atoms with Gasteiger partial charge in [0.15, 0.2) is 0 Å². The van der Waals surface area contributed by atoms with Crippen LogP contribution in [0.1, 0.15) is 30.9 Å². The minimum Gasteiger partial charge on any atom is -0.488 e. The lowest BCUT2D eigenvalue weighted by Crippen LogP contribution is -2.04. The average Bonchev–Trinajstić information content (AvgIpc) is 2.82. The number of carbonyl (C=O) groups is 1. The van der Waals surface area contributed by atoms with Crippen LogP contribution in [-0.4, -0.2) is 16.2 Å². The largest absolute Gasteiger partial charge is 0.511 e. The maximum Gasteiger partial charge on any atom is 0.511 e. The van der Waals surface area contributed by atoms with Crippen LogP contribution in [0.4, 0.5) is 4.79 Å². The molecular weight excluding hydrogens is 402 g/mol. The summed E-state index contributed by atoms with van der Waals surface area (Å²) < 4.78 is 11.2. The number of nitrogens with zero attached hydrogens (tertiary/aromatic N) is 1. The summed E-state index contributed by atoms with van der Waals surface area (Å²) in [6.45, 7) is 2.61. The number of rotatable bonds is 8. The highest BCUT2D eigenvalue weighted by Crippen LogP contribution is 2.32. The Hall–Kier alpha value is -3.86. The highest BCUT2D eigenvalue weighted by atomic mass is 16.7. The summed E-state index contributed by atoms with van der Waals surface area (Å²) in [5.74, 6) is 1.21. The van der Waals surface area contributed by atoms with Gasteiger partial charge < -0.3 is 14.6 Å². The van der Waals surface area contributed by atoms with E-state index < -0.39 is 6.16 Å². The third kappa shape index (κ3) is 4.89. The van der Waals surface area contributed by atoms with E-state index in [4.69, 9.17) is 14.6 Å². The first-order valence-corrected chi connectivity index (χ1v) is 10.7. The minimum atomic E-state index is -1.33. The third-order valence-corrected chi connectivity index (χ3v) is 5.33. The number of unbranched alkanes of at least 4 members (excludes halogenated alkanes) is 1. The van der Waals surface area contributed by atoms with Crippen LogP contribution in [0.15, 0.2) is 79.0 Å². The first kappa shape index (κ1) is 21.4. The topological polar surface area (TPSA) is 68.7 Å². The molecule has 0 bridgehead atoms. The van der Waals surface area contributed by atoms with Crippen LogP contribution in [0.25, 0.3) is 22.0 Å². The molecule has 1 N–H and O–H groups in total. The summed E-state index contributed by atoms with van der Waals surface area (Å²) in [5, 5.41) is 9.99. The van der Waals surface area contributed by atoms with E-state index in [0.29, 0.717) is 12.4 Å². The van der Waals surface area contributed by atoms with Gasteiger partial charge in [0, 0.05) is 22.7 Å². The van der Waals surface area contributed by atoms with E-state index in [1.165, 1.54) is 0 Å². The Bertz CT molecular complexity index is 1220. The summed E-state index contributed by atoms with van der Waals surface area (Å²) in [6, 6.07) is 23.0. The number of carboxylic acid groups (broad SMARTS) is 1. The zero-order valence-corrected chi connectivity index (χ0v) is 18.0. The maximum atomic E-state index is 11.0. The first-order chi connectivity index (χ1) is 15.7. The summed E-state index contributed by atoms with van der Waals surface area (Å²) in [5.41, 5.74) is 4.68. The minimum absolute atomic E-state index is 0.313. The summed E-state index contributed by atoms with van der Waals surface area (Å²) in [6.07, 6.45) is 3.73. The van der Waals surface area contributed by atoms with E-state index in [1.54, 1.807) is 12.1 Å². The molecule has 0 atom stereocenters. The Morgan fingerprint density at radius 1 is 0.969 bits per heavy atom. The Balaban J connectivity index is 1.56. The number of fused-ring (bicyclic) bond motifs is 1. The molecule has 162 valence electrons. The second kappa shape index (κ2) is 9.96. The first-order valence-electron chi connectivity index (χ1n) is 10.7. The Morgan fingerprint density at radius 3 is 2.50 bits per heavy atom. The Morgan fingerprint density at radius 2 is 1.72 bits per heavy atom. The molecule has 0 aliphatic carbocycles. The van der Waals surface area contributed by atoms with Gasteiger partial charge in [-0.2, -0.15) is 0 Å². The van der Waals surface area contributed by atoms with Gasteiger partial charge in [0.2, 0.25) is 0 Å². The van der Waals surface area contributed by atoms with Crippen molar-refractivity contribution in [3.05, 3.63) is 90.1 Å². The van der Waals surface area contributed by atoms with Gasteiger partial charge in [-0.3, -0.25) is 4.98 Å². The molecule has 0 radical (unpaired) electrons. The van der Waals surface area contributed by atoms with E-state index in [1.807, 2.05) is 60.8 Å². The van der Waals surface area contributed by atoms with Crippen LogP contribution in [0.5, 0.6) is 11.5 Å². The summed E-state index contributed by atoms with van der Waals surface area (Å²) >= 11 is 0. The SMILES string of the molecule is CCCCc1cnc2ccccc2c1OCc1ccc(-c2ccccc2OC(=O)O)cc1. The van der Waals surface area contributed by atoms with Gasteiger partial charge in [-0.25, -0.2) is 4.79 Å². The normalized spacial score (nSPS) is 10.8. The molecule has 0 aliphatic rings. The number of ether oxygens (including phenoxy) is 2. The van der Waals surface area contributed by atoms with Crippen LogP contribution in [0, 0.1) is 0 Å². The number of hydrogen-bond acceptors (Lipinski definition) is 4. The van der Waals surface area contributed by atoms with Crippen molar-refractivity contribution in [2.45, 2.75) is 32.8 Å². The van der Waals surface area contributed by atoms with Crippen molar-refractivity contribution in [1.29, 1.82) is 0 Å². The fraction of sp³-hybridized carbons (Fsp3) is 0.185. The monoisotopic (exact) mass is 427 g/mol. The molecule has 4 rings (SSSR count). The van der Waals surface area contributed by atoms with Gasteiger partial charge in [0.25, 0.3) is 0 Å². The van der Waals surface area contributed by atoms with Gasteiger partial charge in [-0.15, -0.1) is 0 Å². The van der Waals surface area contributed by atoms with E-state index in [2.05, 4.69) is 18.0 Å². The maximum absolute atomic E-state index is 11.0. The van der Waals surface area contributed by atoms with Crippen molar-refractivity contribution in [3.8, 4) is 22.6 Å². The van der Waals surface area contributed by atoms with Crippen LogP contribution in [0.3, 0.4) is 0 Å². The van der Waals surface area contributed by atoms with Crippen molar-refractivity contribution in [3.63, 3.8) is 0 Å². The molecule has 0 amide bonds. The lowest BCUT2D eigenvalue weighted by Gasteiger charge is -2.14. The molecule has 0 fully saturated rings. The number of aryl methyl sites for hydroxylation is 1. The summed E-state index contributed by atoms with van der Waals surface area (Å²) in [7, 11) is 0. The molecule has 1 heterocycles. The van der Waals surface area contributed by atoms with E-state index in [9.17, 15) is 4.79 Å². The Labute approximate surface area is 187 Å². The smallest absolute Gasteiger partial charge is 0.488 e. The Kier molecular flexibility index (Phi) is 6.66. The molecule has 5 heteroatoms. The van der Waals surface area contributed by atoms with E-state index in [-0.39, 0.29) is 0 Å². The quantitative estimate of drug-likeness (QED) is 0.245. The molecule has 0 spiro atoms. The average molecular weight is 428 g/mol. The zero-order valence-electron chi connectivity index (χ0n) is 18.0. The van der Waals surface area contributed by atoms with Gasteiger partial charge in [0.05, 0.1) is 5.52 Å². The van der Waals surface area contributed by atoms with Crippen LogP contribution in [0.2, 0.25) is 0 Å². The van der Waals surface area contributed by atoms with Crippen LogP contribution >= 0.6 is 0 Å². The number of para-hydroxylation sites is 2. The molecule has 0 saturated carbocycles. The van der Waals surface area contributed by atoms with Gasteiger partial charge >= 0.3 is 6.16 Å². The predicted molar refractivity (Wildman–Crippen MR) is 125 cm³/mol. The molecule has 32 heavy (non-hydrogen) atoms. The van der Waals surface area contributed by atoms with Crippen molar-refractivity contribution in [2.24, 2.45) is 0 Å². The third-order valence-electron chi connectivity index (χ3n) is 5.33. The molecule has 0 saturated heterocycles.